The van der Waals surface area contributed by atoms with Crippen LogP contribution >= 0.6 is 0 Å². The van der Waals surface area contributed by atoms with Crippen LogP contribution in [-0.2, 0) is 14.3 Å². The normalized spacial score (nSPS) is 18.7. The molecule has 5 nitrogen and oxygen atoms in total. The number of nitrogens with zero attached hydrogens (tertiary/aromatic N) is 1. The Kier molecular flexibility index (Phi) is 5.89. The summed E-state index contributed by atoms with van der Waals surface area (Å²) in [4.78, 5) is 25.7. The van der Waals surface area contributed by atoms with Gasteiger partial charge in [-0.25, -0.2) is 4.39 Å². The minimum atomic E-state index is -0.391. The quantitative estimate of drug-likeness (QED) is 0.846. The van der Waals surface area contributed by atoms with Gasteiger partial charge in [0.05, 0.1) is 19.1 Å². The highest BCUT2D eigenvalue weighted by Gasteiger charge is 2.27. The number of carbonyl (C=O) groups is 2. The van der Waals surface area contributed by atoms with Crippen LogP contribution in [0.15, 0.2) is 24.3 Å². The van der Waals surface area contributed by atoms with Crippen molar-refractivity contribution >= 4 is 17.6 Å². The predicted molar refractivity (Wildman–Crippen MR) is 80.8 cm³/mol. The molecule has 0 bridgehead atoms. The minimum absolute atomic E-state index is 0.171. The maximum Gasteiger partial charge on any atom is 0.310 e. The Morgan fingerprint density at radius 2 is 2.27 bits per heavy atom. The summed E-state index contributed by atoms with van der Waals surface area (Å²) in [6.07, 6.45) is 1.65. The number of likely N-dealkylation sites (tertiary alicyclic amines) is 1. The fourth-order valence-electron chi connectivity index (χ4n) is 2.62. The van der Waals surface area contributed by atoms with Gasteiger partial charge >= 0.3 is 5.97 Å². The molecule has 120 valence electrons. The molecule has 2 rings (SSSR count). The molecule has 1 saturated heterocycles. The van der Waals surface area contributed by atoms with E-state index >= 15 is 0 Å². The lowest BCUT2D eigenvalue weighted by Gasteiger charge is -2.30. The van der Waals surface area contributed by atoms with E-state index in [0.29, 0.717) is 18.8 Å². The van der Waals surface area contributed by atoms with Crippen LogP contribution in [0.25, 0.3) is 0 Å². The van der Waals surface area contributed by atoms with E-state index in [0.717, 1.165) is 19.4 Å². The number of hydrogen-bond donors (Lipinski definition) is 1. The first-order chi connectivity index (χ1) is 10.6. The van der Waals surface area contributed by atoms with Crippen molar-refractivity contribution in [2.75, 3.05) is 31.6 Å². The zero-order valence-electron chi connectivity index (χ0n) is 12.7. The first-order valence-corrected chi connectivity index (χ1v) is 7.53. The zero-order valence-corrected chi connectivity index (χ0v) is 12.7. The molecule has 1 aliphatic rings. The Bertz CT molecular complexity index is 536. The van der Waals surface area contributed by atoms with Gasteiger partial charge in [0.1, 0.15) is 5.82 Å². The summed E-state index contributed by atoms with van der Waals surface area (Å²) < 4.78 is 18.1. The van der Waals surface area contributed by atoms with Crippen LogP contribution in [-0.4, -0.2) is 43.0 Å². The second-order valence-corrected chi connectivity index (χ2v) is 5.38. The van der Waals surface area contributed by atoms with Gasteiger partial charge in [-0.1, -0.05) is 6.07 Å². The smallest absolute Gasteiger partial charge is 0.310 e. The number of piperidine rings is 1. The standard InChI is InChI=1S/C16H21FN2O3/c1-2-22-16(21)12-5-4-8-19(10-12)11-15(20)18-14-7-3-6-13(17)9-14/h3,6-7,9,12H,2,4-5,8,10-11H2,1H3,(H,18,20)/t12-/m0/s1. The van der Waals surface area contributed by atoms with Gasteiger partial charge < -0.3 is 10.1 Å². The molecule has 0 saturated carbocycles. The third-order valence-electron chi connectivity index (χ3n) is 3.60. The van der Waals surface area contributed by atoms with Crippen molar-refractivity contribution in [2.24, 2.45) is 5.92 Å². The molecule has 1 heterocycles. The fraction of sp³-hybridized carbons (Fsp3) is 0.500. The van der Waals surface area contributed by atoms with E-state index < -0.39 is 5.82 Å². The van der Waals surface area contributed by atoms with Gasteiger partial charge in [0, 0.05) is 12.2 Å². The maximum atomic E-state index is 13.1. The molecule has 0 spiro atoms. The highest BCUT2D eigenvalue weighted by Crippen LogP contribution is 2.18. The summed E-state index contributed by atoms with van der Waals surface area (Å²) in [5.74, 6) is -0.971. The number of esters is 1. The van der Waals surface area contributed by atoms with E-state index in [1.54, 1.807) is 19.1 Å². The van der Waals surface area contributed by atoms with E-state index in [2.05, 4.69) is 5.32 Å². The van der Waals surface area contributed by atoms with Crippen molar-refractivity contribution in [3.63, 3.8) is 0 Å². The molecule has 0 radical (unpaired) electrons. The average molecular weight is 308 g/mol. The first kappa shape index (κ1) is 16.4. The Morgan fingerprint density at radius 3 is 3.00 bits per heavy atom. The fourth-order valence-corrected chi connectivity index (χ4v) is 2.62. The van der Waals surface area contributed by atoms with E-state index in [1.807, 2.05) is 4.90 Å². The van der Waals surface area contributed by atoms with Crippen LogP contribution in [0.4, 0.5) is 10.1 Å². The summed E-state index contributed by atoms with van der Waals surface area (Å²) in [6, 6.07) is 5.78. The number of ether oxygens (including phenoxy) is 1. The predicted octanol–water partition coefficient (Wildman–Crippen LogP) is 2.04. The topological polar surface area (TPSA) is 58.6 Å². The SMILES string of the molecule is CCOC(=O)[C@H]1CCCN(CC(=O)Nc2cccc(F)c2)C1. The van der Waals surface area contributed by atoms with E-state index in [-0.39, 0.29) is 24.3 Å². The number of carbonyl (C=O) groups excluding carboxylic acids is 2. The number of rotatable bonds is 5. The number of halogens is 1. The molecule has 1 aromatic rings. The lowest BCUT2D eigenvalue weighted by Crippen LogP contribution is -2.43. The van der Waals surface area contributed by atoms with Gasteiger partial charge in [-0.15, -0.1) is 0 Å². The molecule has 1 atom stereocenters. The Labute approximate surface area is 129 Å². The monoisotopic (exact) mass is 308 g/mol. The molecule has 6 heteroatoms. The molecule has 1 fully saturated rings. The molecule has 1 N–H and O–H groups in total. The van der Waals surface area contributed by atoms with Crippen molar-refractivity contribution < 1.29 is 18.7 Å². The number of anilines is 1. The maximum absolute atomic E-state index is 13.1. The van der Waals surface area contributed by atoms with Crippen LogP contribution in [0.3, 0.4) is 0 Å². The summed E-state index contributed by atoms with van der Waals surface area (Å²) in [5, 5.41) is 2.66. The molecular weight excluding hydrogens is 287 g/mol. The Morgan fingerprint density at radius 1 is 1.45 bits per heavy atom. The van der Waals surface area contributed by atoms with Gasteiger partial charge in [-0.3, -0.25) is 14.5 Å². The Hall–Kier alpha value is -1.95. The highest BCUT2D eigenvalue weighted by molar-refractivity contribution is 5.92. The highest BCUT2D eigenvalue weighted by atomic mass is 19.1. The van der Waals surface area contributed by atoms with Crippen LogP contribution in [0.1, 0.15) is 19.8 Å². The number of amides is 1. The number of hydrogen-bond acceptors (Lipinski definition) is 4. The number of benzene rings is 1. The van der Waals surface area contributed by atoms with Crippen molar-refractivity contribution in [3.05, 3.63) is 30.1 Å². The summed E-state index contributed by atoms with van der Waals surface area (Å²) in [6.45, 7) is 3.63. The average Bonchev–Trinajstić information content (AvgIpc) is 2.47. The molecule has 1 amide bonds. The molecule has 0 aromatic heterocycles. The van der Waals surface area contributed by atoms with Crippen LogP contribution in [0.5, 0.6) is 0 Å². The van der Waals surface area contributed by atoms with Gasteiger partial charge in [0.25, 0.3) is 0 Å². The van der Waals surface area contributed by atoms with Crippen molar-refractivity contribution in [2.45, 2.75) is 19.8 Å². The third-order valence-corrected chi connectivity index (χ3v) is 3.60. The second kappa shape index (κ2) is 7.89. The van der Waals surface area contributed by atoms with Crippen molar-refractivity contribution in [1.82, 2.24) is 4.90 Å². The first-order valence-electron chi connectivity index (χ1n) is 7.53. The van der Waals surface area contributed by atoms with Gasteiger partial charge in [-0.2, -0.15) is 0 Å². The Balaban J connectivity index is 1.84. The lowest BCUT2D eigenvalue weighted by atomic mass is 9.98. The lowest BCUT2D eigenvalue weighted by molar-refractivity contribution is -0.150. The van der Waals surface area contributed by atoms with Crippen LogP contribution in [0, 0.1) is 11.7 Å². The molecule has 1 aliphatic heterocycles. The molecule has 1 aromatic carbocycles. The second-order valence-electron chi connectivity index (χ2n) is 5.38. The van der Waals surface area contributed by atoms with Crippen molar-refractivity contribution in [3.8, 4) is 0 Å². The van der Waals surface area contributed by atoms with Crippen molar-refractivity contribution in [1.29, 1.82) is 0 Å². The van der Waals surface area contributed by atoms with Crippen LogP contribution < -0.4 is 5.32 Å². The molecule has 0 aliphatic carbocycles. The molecule has 22 heavy (non-hydrogen) atoms. The van der Waals surface area contributed by atoms with Gasteiger partial charge in [0.2, 0.25) is 5.91 Å². The van der Waals surface area contributed by atoms with E-state index in [9.17, 15) is 14.0 Å². The van der Waals surface area contributed by atoms with Crippen LogP contribution in [0.2, 0.25) is 0 Å². The van der Waals surface area contributed by atoms with E-state index in [4.69, 9.17) is 4.74 Å². The van der Waals surface area contributed by atoms with Gasteiger partial charge in [0.15, 0.2) is 0 Å². The molecular formula is C16H21FN2O3. The summed E-state index contributed by atoms with van der Waals surface area (Å²) in [7, 11) is 0. The zero-order chi connectivity index (χ0) is 15.9. The minimum Gasteiger partial charge on any atom is -0.466 e. The largest absolute Gasteiger partial charge is 0.466 e. The summed E-state index contributed by atoms with van der Waals surface area (Å²) >= 11 is 0. The van der Waals surface area contributed by atoms with Gasteiger partial charge in [-0.05, 0) is 44.5 Å². The van der Waals surface area contributed by atoms with E-state index in [1.165, 1.54) is 12.1 Å². The molecule has 0 unspecified atom stereocenters. The number of nitrogens with one attached hydrogen (secondary N) is 1. The third kappa shape index (κ3) is 4.80. The summed E-state index contributed by atoms with van der Waals surface area (Å²) in [5.41, 5.74) is 0.434.